The fourth-order valence-corrected chi connectivity index (χ4v) is 4.61. The minimum atomic E-state index is -0.199. The molecule has 4 rings (SSSR count). The third-order valence-corrected chi connectivity index (χ3v) is 6.32. The van der Waals surface area contributed by atoms with Gasteiger partial charge in [0.2, 0.25) is 0 Å². The van der Waals surface area contributed by atoms with E-state index < -0.39 is 0 Å². The van der Waals surface area contributed by atoms with Crippen LogP contribution in [0.1, 0.15) is 15.2 Å². The number of thioether (sulfide) groups is 1. The van der Waals surface area contributed by atoms with Crippen molar-refractivity contribution in [1.82, 2.24) is 5.32 Å². The predicted molar refractivity (Wildman–Crippen MR) is 109 cm³/mol. The summed E-state index contributed by atoms with van der Waals surface area (Å²) in [6, 6.07) is 19.4. The van der Waals surface area contributed by atoms with Gasteiger partial charge < -0.3 is 14.8 Å². The summed E-state index contributed by atoms with van der Waals surface area (Å²) >= 11 is 3.41. The van der Waals surface area contributed by atoms with Gasteiger partial charge in [0.25, 0.3) is 5.91 Å². The second-order valence-corrected chi connectivity index (χ2v) is 8.12. The molecule has 3 aromatic rings. The van der Waals surface area contributed by atoms with E-state index in [-0.39, 0.29) is 12.0 Å². The Morgan fingerprint density at radius 2 is 1.89 bits per heavy atom. The summed E-state index contributed by atoms with van der Waals surface area (Å²) in [5, 5.41) is 5.05. The molecular weight excluding hydrogens is 378 g/mol. The lowest BCUT2D eigenvalue weighted by Gasteiger charge is -2.26. The Hall–Kier alpha value is -2.44. The van der Waals surface area contributed by atoms with Crippen LogP contribution >= 0.6 is 23.1 Å². The molecular formula is C21H19NO3S2. The molecule has 0 unspecified atom stereocenters. The van der Waals surface area contributed by atoms with Crippen LogP contribution in [0.15, 0.2) is 70.9 Å². The molecule has 6 heteroatoms. The van der Waals surface area contributed by atoms with Gasteiger partial charge in [0.15, 0.2) is 11.5 Å². The number of fused-ring (bicyclic) bond motifs is 1. The van der Waals surface area contributed by atoms with Gasteiger partial charge in [-0.15, -0.1) is 23.1 Å². The van der Waals surface area contributed by atoms with E-state index in [1.54, 1.807) is 23.1 Å². The first kappa shape index (κ1) is 17.9. The van der Waals surface area contributed by atoms with Gasteiger partial charge in [-0.25, -0.2) is 0 Å². The molecule has 0 radical (unpaired) electrons. The van der Waals surface area contributed by atoms with E-state index in [0.717, 1.165) is 22.1 Å². The standard InChI is InChI=1S/C21H19NO3S2/c23-21(22-12-15-13-24-18-8-2-3-9-19(18)25-15)17-7-1-4-10-20(17)27-14-16-6-5-11-26-16/h1-11,15H,12-14H2,(H,22,23)/t15-/m1/s1. The summed E-state index contributed by atoms with van der Waals surface area (Å²) in [6.07, 6.45) is -0.199. The zero-order valence-electron chi connectivity index (χ0n) is 14.6. The third kappa shape index (κ3) is 4.46. The van der Waals surface area contributed by atoms with Gasteiger partial charge >= 0.3 is 0 Å². The molecule has 1 aromatic heterocycles. The highest BCUT2D eigenvalue weighted by Crippen LogP contribution is 2.31. The highest BCUT2D eigenvalue weighted by atomic mass is 32.2. The van der Waals surface area contributed by atoms with Crippen LogP contribution in [-0.2, 0) is 5.75 Å². The van der Waals surface area contributed by atoms with E-state index >= 15 is 0 Å². The molecule has 2 aromatic carbocycles. The van der Waals surface area contributed by atoms with E-state index in [0.29, 0.717) is 18.7 Å². The van der Waals surface area contributed by atoms with Crippen LogP contribution in [0, 0.1) is 0 Å². The molecule has 0 bridgehead atoms. The zero-order valence-corrected chi connectivity index (χ0v) is 16.2. The van der Waals surface area contributed by atoms with Crippen molar-refractivity contribution in [2.75, 3.05) is 13.2 Å². The maximum Gasteiger partial charge on any atom is 0.252 e. The average Bonchev–Trinajstić information content (AvgIpc) is 3.24. The SMILES string of the molecule is O=C(NC[C@@H]1COc2ccccc2O1)c1ccccc1SCc1cccs1. The number of ether oxygens (including phenoxy) is 2. The Balaban J connectivity index is 1.36. The van der Waals surface area contributed by atoms with Crippen LogP contribution in [0.4, 0.5) is 0 Å². The number of rotatable bonds is 6. The maximum atomic E-state index is 12.7. The molecule has 1 N–H and O–H groups in total. The number of amides is 1. The van der Waals surface area contributed by atoms with Gasteiger partial charge in [-0.1, -0.05) is 30.3 Å². The fourth-order valence-electron chi connectivity index (χ4n) is 2.79. The minimum absolute atomic E-state index is 0.0910. The number of carbonyl (C=O) groups excluding carboxylic acids is 1. The Morgan fingerprint density at radius 3 is 2.74 bits per heavy atom. The van der Waals surface area contributed by atoms with Crippen molar-refractivity contribution < 1.29 is 14.3 Å². The fraction of sp³-hybridized carbons (Fsp3) is 0.190. The van der Waals surface area contributed by atoms with E-state index in [4.69, 9.17) is 9.47 Å². The van der Waals surface area contributed by atoms with Crippen LogP contribution in [-0.4, -0.2) is 25.2 Å². The first-order valence-corrected chi connectivity index (χ1v) is 10.6. The molecule has 1 aliphatic heterocycles. The highest BCUT2D eigenvalue weighted by Gasteiger charge is 2.21. The molecule has 4 nitrogen and oxygen atoms in total. The molecule has 0 spiro atoms. The Labute approximate surface area is 166 Å². The molecule has 0 fully saturated rings. The van der Waals surface area contributed by atoms with Crippen molar-refractivity contribution in [3.63, 3.8) is 0 Å². The first-order chi connectivity index (χ1) is 13.3. The lowest BCUT2D eigenvalue weighted by molar-refractivity contribution is 0.0787. The smallest absolute Gasteiger partial charge is 0.252 e. The summed E-state index contributed by atoms with van der Waals surface area (Å²) in [6.45, 7) is 0.823. The van der Waals surface area contributed by atoms with Gasteiger partial charge in [-0.2, -0.15) is 0 Å². The van der Waals surface area contributed by atoms with Crippen molar-refractivity contribution in [3.05, 3.63) is 76.5 Å². The molecule has 0 saturated heterocycles. The number of nitrogens with one attached hydrogen (secondary N) is 1. The number of hydrogen-bond acceptors (Lipinski definition) is 5. The van der Waals surface area contributed by atoms with Gasteiger partial charge in [-0.05, 0) is 35.7 Å². The van der Waals surface area contributed by atoms with Gasteiger partial charge in [0.05, 0.1) is 12.1 Å². The normalized spacial score (nSPS) is 15.3. The summed E-state index contributed by atoms with van der Waals surface area (Å²) in [5.74, 6) is 2.23. The van der Waals surface area contributed by atoms with E-state index in [1.165, 1.54) is 4.88 Å². The second-order valence-electron chi connectivity index (χ2n) is 6.07. The monoisotopic (exact) mass is 397 g/mol. The maximum absolute atomic E-state index is 12.7. The Morgan fingerprint density at radius 1 is 1.07 bits per heavy atom. The molecule has 1 amide bonds. The highest BCUT2D eigenvalue weighted by molar-refractivity contribution is 7.98. The van der Waals surface area contributed by atoms with Gasteiger partial charge in [-0.3, -0.25) is 4.79 Å². The van der Waals surface area contributed by atoms with Crippen molar-refractivity contribution in [3.8, 4) is 11.5 Å². The molecule has 1 aliphatic rings. The van der Waals surface area contributed by atoms with E-state index in [9.17, 15) is 4.79 Å². The van der Waals surface area contributed by atoms with E-state index in [1.807, 2.05) is 54.6 Å². The van der Waals surface area contributed by atoms with Crippen molar-refractivity contribution >= 4 is 29.0 Å². The lowest BCUT2D eigenvalue weighted by Crippen LogP contribution is -2.40. The van der Waals surface area contributed by atoms with E-state index in [2.05, 4.69) is 16.8 Å². The molecule has 27 heavy (non-hydrogen) atoms. The number of thiophene rings is 1. The largest absolute Gasteiger partial charge is 0.486 e. The predicted octanol–water partition coefficient (Wildman–Crippen LogP) is 4.61. The van der Waals surface area contributed by atoms with Crippen molar-refractivity contribution in [2.24, 2.45) is 0 Å². The lowest BCUT2D eigenvalue weighted by atomic mass is 10.2. The zero-order chi connectivity index (χ0) is 18.5. The molecule has 138 valence electrons. The minimum Gasteiger partial charge on any atom is -0.486 e. The topological polar surface area (TPSA) is 47.6 Å². The first-order valence-electron chi connectivity index (χ1n) is 8.70. The summed E-state index contributed by atoms with van der Waals surface area (Å²) in [7, 11) is 0. The second kappa shape index (κ2) is 8.50. The number of para-hydroxylation sites is 2. The quantitative estimate of drug-likeness (QED) is 0.617. The summed E-state index contributed by atoms with van der Waals surface area (Å²) < 4.78 is 11.6. The summed E-state index contributed by atoms with van der Waals surface area (Å²) in [5.41, 5.74) is 0.691. The van der Waals surface area contributed by atoms with Crippen molar-refractivity contribution in [1.29, 1.82) is 0 Å². The number of benzene rings is 2. The third-order valence-electron chi connectivity index (χ3n) is 4.14. The van der Waals surface area contributed by atoms with Crippen LogP contribution in [0.5, 0.6) is 11.5 Å². The molecule has 2 heterocycles. The number of carbonyl (C=O) groups is 1. The average molecular weight is 398 g/mol. The van der Waals surface area contributed by atoms with Crippen LogP contribution in [0.2, 0.25) is 0 Å². The Kier molecular flexibility index (Phi) is 5.65. The van der Waals surface area contributed by atoms with Gasteiger partial charge in [0.1, 0.15) is 12.7 Å². The Bertz CT molecular complexity index is 911. The van der Waals surface area contributed by atoms with Crippen LogP contribution in [0.3, 0.4) is 0 Å². The van der Waals surface area contributed by atoms with Crippen molar-refractivity contribution in [2.45, 2.75) is 16.8 Å². The van der Waals surface area contributed by atoms with Crippen LogP contribution < -0.4 is 14.8 Å². The molecule has 0 aliphatic carbocycles. The van der Waals surface area contributed by atoms with Crippen LogP contribution in [0.25, 0.3) is 0 Å². The molecule has 1 atom stereocenters. The molecule has 0 saturated carbocycles. The van der Waals surface area contributed by atoms with Gasteiger partial charge in [0, 0.05) is 15.5 Å². The summed E-state index contributed by atoms with van der Waals surface area (Å²) in [4.78, 5) is 15.0. The number of hydrogen-bond donors (Lipinski definition) is 1.